The molecule has 0 aromatic carbocycles. The molecule has 1 amide bonds. The zero-order valence-electron chi connectivity index (χ0n) is 11.4. The summed E-state index contributed by atoms with van der Waals surface area (Å²) in [6, 6.07) is 1.98. The highest BCUT2D eigenvalue weighted by Crippen LogP contribution is 2.29. The summed E-state index contributed by atoms with van der Waals surface area (Å²) in [5.41, 5.74) is 7.47. The van der Waals surface area contributed by atoms with Crippen molar-refractivity contribution in [3.05, 3.63) is 22.4 Å². The van der Waals surface area contributed by atoms with Crippen LogP contribution < -0.4 is 11.1 Å². The number of amides is 1. The van der Waals surface area contributed by atoms with E-state index < -0.39 is 0 Å². The number of thiazole rings is 1. The predicted molar refractivity (Wildman–Crippen MR) is 82.9 cm³/mol. The maximum Gasteiger partial charge on any atom is 0.302 e. The number of carbonyl (C=O) groups excluding carboxylic acids is 2. The maximum absolute atomic E-state index is 11.6. The lowest BCUT2D eigenvalue weighted by Crippen LogP contribution is -2.24. The maximum atomic E-state index is 11.6. The van der Waals surface area contributed by atoms with E-state index in [2.05, 4.69) is 10.3 Å². The van der Waals surface area contributed by atoms with Gasteiger partial charge >= 0.3 is 5.97 Å². The van der Waals surface area contributed by atoms with Crippen LogP contribution in [0.2, 0.25) is 0 Å². The molecule has 2 aromatic heterocycles. The first-order valence-electron chi connectivity index (χ1n) is 6.23. The van der Waals surface area contributed by atoms with Crippen molar-refractivity contribution in [2.75, 3.05) is 12.3 Å². The van der Waals surface area contributed by atoms with Crippen LogP contribution in [0.15, 0.2) is 16.8 Å². The Morgan fingerprint density at radius 1 is 1.38 bits per heavy atom. The van der Waals surface area contributed by atoms with E-state index in [9.17, 15) is 9.59 Å². The summed E-state index contributed by atoms with van der Waals surface area (Å²) in [6.07, 6.45) is 0.166. The van der Waals surface area contributed by atoms with Crippen molar-refractivity contribution in [3.63, 3.8) is 0 Å². The molecule has 0 fully saturated rings. The van der Waals surface area contributed by atoms with Gasteiger partial charge in [-0.2, -0.15) is 0 Å². The van der Waals surface area contributed by atoms with Crippen LogP contribution in [0.1, 0.15) is 18.9 Å². The summed E-state index contributed by atoms with van der Waals surface area (Å²) < 4.78 is 4.71. The normalized spacial score (nSPS) is 10.3. The molecular weight excluding hydrogens is 310 g/mol. The van der Waals surface area contributed by atoms with Gasteiger partial charge < -0.3 is 15.8 Å². The number of nitrogens with one attached hydrogen (secondary N) is 1. The van der Waals surface area contributed by atoms with Crippen LogP contribution in [0.3, 0.4) is 0 Å². The zero-order chi connectivity index (χ0) is 15.2. The lowest BCUT2D eigenvalue weighted by atomic mass is 10.3. The lowest BCUT2D eigenvalue weighted by molar-refractivity contribution is -0.141. The van der Waals surface area contributed by atoms with Crippen molar-refractivity contribution in [1.82, 2.24) is 10.3 Å². The lowest BCUT2D eigenvalue weighted by Gasteiger charge is -2.03. The molecule has 112 valence electrons. The Labute approximate surface area is 130 Å². The zero-order valence-corrected chi connectivity index (χ0v) is 13.1. The fourth-order valence-electron chi connectivity index (χ4n) is 1.58. The average molecular weight is 325 g/mol. The largest absolute Gasteiger partial charge is 0.465 e. The quantitative estimate of drug-likeness (QED) is 0.792. The monoisotopic (exact) mass is 325 g/mol. The van der Waals surface area contributed by atoms with Crippen LogP contribution in [-0.2, 0) is 20.9 Å². The molecule has 0 aliphatic carbocycles. The molecule has 0 spiro atoms. The van der Waals surface area contributed by atoms with E-state index in [0.29, 0.717) is 11.7 Å². The number of nitrogens with zero attached hydrogens (tertiary/aromatic N) is 1. The van der Waals surface area contributed by atoms with Gasteiger partial charge in [-0.25, -0.2) is 4.98 Å². The summed E-state index contributed by atoms with van der Waals surface area (Å²) in [5, 5.41) is 7.19. The van der Waals surface area contributed by atoms with Gasteiger partial charge in [-0.15, -0.1) is 22.7 Å². The van der Waals surface area contributed by atoms with Gasteiger partial charge in [0.05, 0.1) is 17.0 Å². The van der Waals surface area contributed by atoms with E-state index >= 15 is 0 Å². The summed E-state index contributed by atoms with van der Waals surface area (Å²) in [6.45, 7) is 1.86. The second kappa shape index (κ2) is 7.19. The second-order valence-electron chi connectivity index (χ2n) is 4.26. The van der Waals surface area contributed by atoms with Crippen LogP contribution >= 0.6 is 22.7 Å². The summed E-state index contributed by atoms with van der Waals surface area (Å²) in [4.78, 5) is 27.4. The summed E-state index contributed by atoms with van der Waals surface area (Å²) in [5.74, 6) is -0.533. The Morgan fingerprint density at radius 3 is 2.86 bits per heavy atom. The number of carbonyl (C=O) groups is 2. The van der Waals surface area contributed by atoms with Crippen molar-refractivity contribution in [2.45, 2.75) is 19.9 Å². The van der Waals surface area contributed by atoms with Crippen LogP contribution in [-0.4, -0.2) is 23.5 Å². The minimum Gasteiger partial charge on any atom is -0.465 e. The topological polar surface area (TPSA) is 94.3 Å². The molecule has 8 heteroatoms. The third kappa shape index (κ3) is 4.83. The first-order valence-corrected chi connectivity index (χ1v) is 7.99. The van der Waals surface area contributed by atoms with Crippen LogP contribution in [0.25, 0.3) is 10.6 Å². The minimum atomic E-state index is -0.382. The van der Waals surface area contributed by atoms with Crippen molar-refractivity contribution in [3.8, 4) is 10.6 Å². The molecule has 0 radical (unpaired) electrons. The molecule has 21 heavy (non-hydrogen) atoms. The van der Waals surface area contributed by atoms with Gasteiger partial charge in [-0.05, 0) is 17.0 Å². The van der Waals surface area contributed by atoms with Crippen LogP contribution in [0.4, 0.5) is 5.13 Å². The Hall–Kier alpha value is -1.93. The number of aromatic nitrogens is 1. The van der Waals surface area contributed by atoms with Crippen LogP contribution in [0, 0.1) is 0 Å². The molecule has 0 aliphatic heterocycles. The summed E-state index contributed by atoms with van der Waals surface area (Å²) in [7, 11) is 0. The molecular formula is C13H15N3O3S2. The Kier molecular flexibility index (Phi) is 5.29. The van der Waals surface area contributed by atoms with Gasteiger partial charge in [0, 0.05) is 18.8 Å². The van der Waals surface area contributed by atoms with Gasteiger partial charge in [-0.1, -0.05) is 0 Å². The predicted octanol–water partition coefficient (Wildman–Crippen LogP) is 2.02. The summed E-state index contributed by atoms with van der Waals surface area (Å²) >= 11 is 2.96. The molecule has 0 atom stereocenters. The molecule has 2 heterocycles. The van der Waals surface area contributed by atoms with Gasteiger partial charge in [0.1, 0.15) is 6.61 Å². The molecule has 3 N–H and O–H groups in total. The third-order valence-corrected chi connectivity index (χ3v) is 4.23. The first kappa shape index (κ1) is 15.5. The first-order chi connectivity index (χ1) is 10.0. The van der Waals surface area contributed by atoms with Gasteiger partial charge in [-0.3, -0.25) is 9.59 Å². The second-order valence-corrected chi connectivity index (χ2v) is 6.06. The molecule has 0 bridgehead atoms. The third-order valence-electron chi connectivity index (χ3n) is 2.55. The highest BCUT2D eigenvalue weighted by Gasteiger charge is 2.08. The van der Waals surface area contributed by atoms with Crippen LogP contribution in [0.5, 0.6) is 0 Å². The van der Waals surface area contributed by atoms with Gasteiger partial charge in [0.2, 0.25) is 5.91 Å². The molecule has 2 rings (SSSR count). The van der Waals surface area contributed by atoms with E-state index in [-0.39, 0.29) is 24.9 Å². The molecule has 6 nitrogen and oxygen atoms in total. The molecule has 2 aromatic rings. The number of ether oxygens (including phenoxy) is 1. The number of thiophene rings is 1. The van der Waals surface area contributed by atoms with Crippen molar-refractivity contribution < 1.29 is 14.3 Å². The minimum absolute atomic E-state index is 0.105. The fourth-order valence-corrected chi connectivity index (χ4v) is 3.09. The van der Waals surface area contributed by atoms with Gasteiger partial charge in [0.15, 0.2) is 5.13 Å². The van der Waals surface area contributed by atoms with E-state index in [1.54, 1.807) is 11.3 Å². The molecule has 0 saturated carbocycles. The number of anilines is 1. The average Bonchev–Trinajstić information content (AvgIpc) is 3.04. The van der Waals surface area contributed by atoms with Gasteiger partial charge in [0.25, 0.3) is 0 Å². The number of nitrogen functional groups attached to an aromatic ring is 1. The van der Waals surface area contributed by atoms with E-state index in [0.717, 1.165) is 16.1 Å². The molecule has 0 aliphatic rings. The van der Waals surface area contributed by atoms with Crippen molar-refractivity contribution >= 4 is 39.7 Å². The van der Waals surface area contributed by atoms with E-state index in [1.807, 2.05) is 16.8 Å². The highest BCUT2D eigenvalue weighted by molar-refractivity contribution is 7.15. The van der Waals surface area contributed by atoms with Crippen molar-refractivity contribution in [2.24, 2.45) is 0 Å². The number of rotatable bonds is 6. The van der Waals surface area contributed by atoms with E-state index in [1.165, 1.54) is 18.3 Å². The Balaban J connectivity index is 1.80. The number of hydrogen-bond donors (Lipinski definition) is 2. The fraction of sp³-hybridized carbons (Fsp3) is 0.308. The molecule has 0 unspecified atom stereocenters. The Bertz CT molecular complexity index is 636. The van der Waals surface area contributed by atoms with Crippen molar-refractivity contribution in [1.29, 1.82) is 0 Å². The Morgan fingerprint density at radius 2 is 2.19 bits per heavy atom. The number of esters is 1. The standard InChI is InChI=1S/C13H15N3O3S2/c1-8(17)19-3-2-12(18)15-5-9-4-11(20-6-9)10-7-21-13(14)16-10/h4,6-7H,2-3,5H2,1H3,(H2,14,16)(H,15,18). The highest BCUT2D eigenvalue weighted by atomic mass is 32.1. The SMILES string of the molecule is CC(=O)OCCC(=O)NCc1csc(-c2csc(N)n2)c1. The number of hydrogen-bond acceptors (Lipinski definition) is 7. The van der Waals surface area contributed by atoms with E-state index in [4.69, 9.17) is 10.5 Å². The number of nitrogens with two attached hydrogens (primary N) is 1. The molecule has 0 saturated heterocycles. The smallest absolute Gasteiger partial charge is 0.302 e.